The summed E-state index contributed by atoms with van der Waals surface area (Å²) in [5.74, 6) is -0.196. The highest BCUT2D eigenvalue weighted by atomic mass is 32.1. The Morgan fingerprint density at radius 2 is 1.83 bits per heavy atom. The number of benzene rings is 1. The van der Waals surface area contributed by atoms with Crippen LogP contribution in [-0.2, 0) is 12.8 Å². The molecular weight excluding hydrogens is 396 g/mol. The third-order valence-corrected chi connectivity index (χ3v) is 7.67. The number of aromatic nitrogens is 2. The topological polar surface area (TPSA) is 57.9 Å². The van der Waals surface area contributed by atoms with Crippen molar-refractivity contribution in [2.24, 2.45) is 0 Å². The summed E-state index contributed by atoms with van der Waals surface area (Å²) in [7, 11) is 0. The van der Waals surface area contributed by atoms with Crippen LogP contribution < -0.4 is 10.5 Å². The Morgan fingerprint density at radius 3 is 2.63 bits per heavy atom. The van der Waals surface area contributed by atoms with Crippen molar-refractivity contribution in [1.29, 1.82) is 0 Å². The highest BCUT2D eigenvalue weighted by Gasteiger charge is 2.27. The SMILES string of the molecule is Cc1cccc(N2CCN(C(=O)c3cnc4sc5c(n4c3=O)CCCC5)CC2)c1C. The smallest absolute Gasteiger partial charge is 0.271 e. The quantitative estimate of drug-likeness (QED) is 0.636. The molecule has 156 valence electrons. The molecule has 0 radical (unpaired) electrons. The van der Waals surface area contributed by atoms with Crippen molar-refractivity contribution in [3.05, 3.63) is 62.0 Å². The van der Waals surface area contributed by atoms with Crippen molar-refractivity contribution < 1.29 is 4.79 Å². The molecule has 6 nitrogen and oxygen atoms in total. The molecule has 1 aliphatic heterocycles. The number of piperazine rings is 1. The van der Waals surface area contributed by atoms with E-state index in [1.165, 1.54) is 27.9 Å². The van der Waals surface area contributed by atoms with Crippen molar-refractivity contribution in [2.75, 3.05) is 31.1 Å². The Bertz CT molecular complexity index is 1190. The zero-order valence-electron chi connectivity index (χ0n) is 17.5. The summed E-state index contributed by atoms with van der Waals surface area (Å²) in [5, 5.41) is 0. The second-order valence-corrected chi connectivity index (χ2v) is 9.33. The fourth-order valence-corrected chi connectivity index (χ4v) is 5.78. The van der Waals surface area contributed by atoms with Gasteiger partial charge in [0.1, 0.15) is 5.56 Å². The zero-order chi connectivity index (χ0) is 20.8. The second kappa shape index (κ2) is 7.54. The Hall–Kier alpha value is -2.67. The molecule has 0 saturated carbocycles. The van der Waals surface area contributed by atoms with Gasteiger partial charge in [-0.2, -0.15) is 0 Å². The van der Waals surface area contributed by atoms with Gasteiger partial charge in [0, 0.05) is 48.6 Å². The van der Waals surface area contributed by atoms with E-state index in [4.69, 9.17) is 0 Å². The van der Waals surface area contributed by atoms with Gasteiger partial charge in [0.05, 0.1) is 0 Å². The van der Waals surface area contributed by atoms with Crippen molar-refractivity contribution in [2.45, 2.75) is 39.5 Å². The first kappa shape index (κ1) is 19.3. The van der Waals surface area contributed by atoms with Gasteiger partial charge < -0.3 is 9.80 Å². The predicted octanol–water partition coefficient (Wildman–Crippen LogP) is 3.21. The Morgan fingerprint density at radius 1 is 1.07 bits per heavy atom. The van der Waals surface area contributed by atoms with Crippen LogP contribution >= 0.6 is 11.3 Å². The zero-order valence-corrected chi connectivity index (χ0v) is 18.3. The van der Waals surface area contributed by atoms with Crippen LogP contribution in [-0.4, -0.2) is 46.4 Å². The normalized spacial score (nSPS) is 16.7. The van der Waals surface area contributed by atoms with Crippen LogP contribution in [0, 0.1) is 13.8 Å². The summed E-state index contributed by atoms with van der Waals surface area (Å²) >= 11 is 1.59. The monoisotopic (exact) mass is 422 g/mol. The van der Waals surface area contributed by atoms with E-state index >= 15 is 0 Å². The molecule has 7 heteroatoms. The molecule has 0 spiro atoms. The molecule has 3 heterocycles. The highest BCUT2D eigenvalue weighted by Crippen LogP contribution is 2.28. The number of thiazole rings is 1. The van der Waals surface area contributed by atoms with E-state index in [1.54, 1.807) is 20.6 Å². The van der Waals surface area contributed by atoms with Gasteiger partial charge in [0.25, 0.3) is 11.5 Å². The van der Waals surface area contributed by atoms with Gasteiger partial charge in [-0.3, -0.25) is 14.0 Å². The summed E-state index contributed by atoms with van der Waals surface area (Å²) < 4.78 is 1.69. The van der Waals surface area contributed by atoms with Crippen LogP contribution in [0.2, 0.25) is 0 Å². The van der Waals surface area contributed by atoms with E-state index < -0.39 is 0 Å². The minimum Gasteiger partial charge on any atom is -0.368 e. The number of amides is 1. The molecule has 2 aromatic heterocycles. The summed E-state index contributed by atoms with van der Waals surface area (Å²) in [5.41, 5.74) is 4.84. The van der Waals surface area contributed by atoms with Crippen LogP contribution in [0.15, 0.2) is 29.2 Å². The Balaban J connectivity index is 1.38. The molecule has 1 fully saturated rings. The number of rotatable bonds is 2. The largest absolute Gasteiger partial charge is 0.368 e. The van der Waals surface area contributed by atoms with Crippen LogP contribution in [0.4, 0.5) is 5.69 Å². The summed E-state index contributed by atoms with van der Waals surface area (Å²) in [6.07, 6.45) is 5.63. The first-order valence-corrected chi connectivity index (χ1v) is 11.5. The number of hydrogen-bond donors (Lipinski definition) is 0. The van der Waals surface area contributed by atoms with Crippen molar-refractivity contribution in [3.8, 4) is 0 Å². The van der Waals surface area contributed by atoms with E-state index in [1.807, 2.05) is 0 Å². The Labute approximate surface area is 179 Å². The first-order chi connectivity index (χ1) is 14.5. The van der Waals surface area contributed by atoms with Crippen LogP contribution in [0.25, 0.3) is 4.96 Å². The molecule has 1 aliphatic carbocycles. The molecule has 0 bridgehead atoms. The molecule has 1 aromatic carbocycles. The van der Waals surface area contributed by atoms with E-state index in [9.17, 15) is 9.59 Å². The predicted molar refractivity (Wildman–Crippen MR) is 120 cm³/mol. The van der Waals surface area contributed by atoms with Gasteiger partial charge in [-0.15, -0.1) is 11.3 Å². The van der Waals surface area contributed by atoms with E-state index in [2.05, 4.69) is 41.9 Å². The van der Waals surface area contributed by atoms with Crippen molar-refractivity contribution in [1.82, 2.24) is 14.3 Å². The van der Waals surface area contributed by atoms with Gasteiger partial charge in [0.2, 0.25) is 0 Å². The van der Waals surface area contributed by atoms with Crippen molar-refractivity contribution >= 4 is 27.9 Å². The number of anilines is 1. The number of hydrogen-bond acceptors (Lipinski definition) is 5. The van der Waals surface area contributed by atoms with Gasteiger partial charge in [-0.1, -0.05) is 12.1 Å². The van der Waals surface area contributed by atoms with Gasteiger partial charge in [0.15, 0.2) is 4.96 Å². The molecule has 0 atom stereocenters. The van der Waals surface area contributed by atoms with Gasteiger partial charge in [-0.25, -0.2) is 4.98 Å². The number of aryl methyl sites for hydroxylation is 3. The molecular formula is C23H26N4O2S. The number of carbonyl (C=O) groups is 1. The lowest BCUT2D eigenvalue weighted by Crippen LogP contribution is -2.50. The maximum absolute atomic E-state index is 13.2. The molecule has 0 N–H and O–H groups in total. The molecule has 30 heavy (non-hydrogen) atoms. The lowest BCUT2D eigenvalue weighted by molar-refractivity contribution is 0.0744. The molecule has 5 rings (SSSR count). The molecule has 1 amide bonds. The molecule has 3 aromatic rings. The lowest BCUT2D eigenvalue weighted by Gasteiger charge is -2.37. The third-order valence-electron chi connectivity index (χ3n) is 6.52. The molecule has 0 unspecified atom stereocenters. The van der Waals surface area contributed by atoms with Crippen LogP contribution in [0.1, 0.15) is 44.9 Å². The standard InChI is InChI=1S/C23H26N4O2S/c1-15-6-5-8-18(16(15)2)25-10-12-26(13-11-25)21(28)17-14-24-23-27(22(17)29)19-7-3-4-9-20(19)30-23/h5-6,8,14H,3-4,7,9-13H2,1-2H3. The molecule has 1 saturated heterocycles. The second-order valence-electron chi connectivity index (χ2n) is 8.27. The van der Waals surface area contributed by atoms with Crippen molar-refractivity contribution in [3.63, 3.8) is 0 Å². The van der Waals surface area contributed by atoms with Crippen LogP contribution in [0.3, 0.4) is 0 Å². The summed E-state index contributed by atoms with van der Waals surface area (Å²) in [4.78, 5) is 36.9. The number of carbonyl (C=O) groups excluding carboxylic acids is 1. The highest BCUT2D eigenvalue weighted by molar-refractivity contribution is 7.17. The first-order valence-electron chi connectivity index (χ1n) is 10.7. The average molecular weight is 423 g/mol. The van der Waals surface area contributed by atoms with E-state index in [-0.39, 0.29) is 17.0 Å². The number of fused-ring (bicyclic) bond motifs is 3. The maximum Gasteiger partial charge on any atom is 0.271 e. The lowest BCUT2D eigenvalue weighted by atomic mass is 10.0. The molecule has 2 aliphatic rings. The Kier molecular flexibility index (Phi) is 4.85. The summed E-state index contributed by atoms with van der Waals surface area (Å²) in [6.45, 7) is 7.01. The number of nitrogens with zero attached hydrogens (tertiary/aromatic N) is 4. The van der Waals surface area contributed by atoms with E-state index in [0.717, 1.165) is 44.5 Å². The van der Waals surface area contributed by atoms with Gasteiger partial charge >= 0.3 is 0 Å². The average Bonchev–Trinajstić information content (AvgIpc) is 3.15. The minimum absolute atomic E-state index is 0.193. The van der Waals surface area contributed by atoms with E-state index in [0.29, 0.717) is 18.1 Å². The van der Waals surface area contributed by atoms with Gasteiger partial charge in [-0.05, 0) is 56.7 Å². The maximum atomic E-state index is 13.2. The third kappa shape index (κ3) is 3.12. The fraction of sp³-hybridized carbons (Fsp3) is 0.435. The fourth-order valence-electron chi connectivity index (χ4n) is 4.61. The minimum atomic E-state index is -0.207. The summed E-state index contributed by atoms with van der Waals surface area (Å²) in [6, 6.07) is 6.35. The van der Waals surface area contributed by atoms with Crippen LogP contribution in [0.5, 0.6) is 0 Å².